The van der Waals surface area contributed by atoms with Crippen molar-refractivity contribution in [2.24, 2.45) is 5.73 Å². The second-order valence-electron chi connectivity index (χ2n) is 2.76. The molecular weight excluding hydrogens is 218 g/mol. The number of ether oxygens (including phenoxy) is 1. The lowest BCUT2D eigenvalue weighted by atomic mass is 10.4. The summed E-state index contributed by atoms with van der Waals surface area (Å²) in [5.41, 5.74) is 5.57. The Morgan fingerprint density at radius 2 is 2.07 bits per heavy atom. The number of rotatable bonds is 8. The molecule has 1 atom stereocenters. The summed E-state index contributed by atoms with van der Waals surface area (Å²) in [4.78, 5) is 10.9. The number of methoxy groups -OCH3 is 1. The molecule has 0 aromatic carbocycles. The van der Waals surface area contributed by atoms with Crippen LogP contribution in [-0.4, -0.2) is 42.1 Å². The van der Waals surface area contributed by atoms with Crippen molar-refractivity contribution in [3.8, 4) is 0 Å². The van der Waals surface area contributed by atoms with Crippen LogP contribution in [0.1, 0.15) is 13.3 Å². The highest BCUT2D eigenvalue weighted by Crippen LogP contribution is 2.08. The zero-order valence-electron chi connectivity index (χ0n) is 8.82. The quantitative estimate of drug-likeness (QED) is 0.510. The molecule has 14 heavy (non-hydrogen) atoms. The van der Waals surface area contributed by atoms with Crippen LogP contribution in [0.15, 0.2) is 0 Å². The molecule has 0 spiro atoms. The summed E-state index contributed by atoms with van der Waals surface area (Å²) in [5.74, 6) is 3.77. The minimum absolute atomic E-state index is 0.319. The van der Waals surface area contributed by atoms with E-state index >= 15 is 0 Å². The lowest BCUT2D eigenvalue weighted by Crippen LogP contribution is -2.33. The Morgan fingerprint density at radius 1 is 1.43 bits per heavy atom. The zero-order chi connectivity index (χ0) is 10.8. The van der Waals surface area contributed by atoms with Crippen LogP contribution >= 0.6 is 23.5 Å². The van der Waals surface area contributed by atoms with Crippen molar-refractivity contribution in [3.05, 3.63) is 0 Å². The minimum atomic E-state index is -0.469. The molecule has 84 valence electrons. The minimum Gasteiger partial charge on any atom is -0.468 e. The molecule has 0 amide bonds. The van der Waals surface area contributed by atoms with Gasteiger partial charge >= 0.3 is 5.97 Å². The summed E-state index contributed by atoms with van der Waals surface area (Å²) in [7, 11) is 1.37. The lowest BCUT2D eigenvalue weighted by molar-refractivity contribution is -0.141. The predicted octanol–water partition coefficient (Wildman–Crippen LogP) is 1.36. The van der Waals surface area contributed by atoms with E-state index < -0.39 is 6.04 Å². The third-order valence-electron chi connectivity index (χ3n) is 1.58. The van der Waals surface area contributed by atoms with Crippen molar-refractivity contribution >= 4 is 29.5 Å². The third kappa shape index (κ3) is 7.53. The second-order valence-corrected chi connectivity index (χ2v) is 5.30. The summed E-state index contributed by atoms with van der Waals surface area (Å²) in [5, 5.41) is 0. The molecule has 0 heterocycles. The average Bonchev–Trinajstić information content (AvgIpc) is 2.21. The number of carbonyl (C=O) groups excluding carboxylic acids is 1. The molecule has 0 bridgehead atoms. The van der Waals surface area contributed by atoms with Crippen LogP contribution in [0.25, 0.3) is 0 Å². The third-order valence-corrected chi connectivity index (χ3v) is 3.74. The number of hydrogen-bond acceptors (Lipinski definition) is 5. The van der Waals surface area contributed by atoms with Gasteiger partial charge in [0, 0.05) is 5.75 Å². The summed E-state index contributed by atoms with van der Waals surface area (Å²) in [6.45, 7) is 2.16. The van der Waals surface area contributed by atoms with E-state index in [2.05, 4.69) is 11.7 Å². The van der Waals surface area contributed by atoms with E-state index in [0.29, 0.717) is 5.75 Å². The van der Waals surface area contributed by atoms with Crippen LogP contribution in [0.4, 0.5) is 0 Å². The van der Waals surface area contributed by atoms with E-state index in [9.17, 15) is 4.79 Å². The van der Waals surface area contributed by atoms with E-state index in [1.807, 2.05) is 11.8 Å². The van der Waals surface area contributed by atoms with Crippen molar-refractivity contribution in [1.29, 1.82) is 0 Å². The Kier molecular flexibility index (Phi) is 9.77. The standard InChI is InChI=1S/C9H19NO2S2/c1-3-13-5-4-6-14-7-8(10)9(11)12-2/h8H,3-7,10H2,1-2H3. The molecule has 0 saturated heterocycles. The van der Waals surface area contributed by atoms with Crippen molar-refractivity contribution in [2.75, 3.05) is 30.1 Å². The van der Waals surface area contributed by atoms with Crippen LogP contribution in [0.2, 0.25) is 0 Å². The highest BCUT2D eigenvalue weighted by Gasteiger charge is 2.12. The number of nitrogens with two attached hydrogens (primary N) is 1. The van der Waals surface area contributed by atoms with E-state index in [1.165, 1.54) is 25.0 Å². The second kappa shape index (κ2) is 9.68. The monoisotopic (exact) mass is 237 g/mol. The first-order valence-corrected chi connectivity index (χ1v) is 7.02. The van der Waals surface area contributed by atoms with Crippen LogP contribution in [-0.2, 0) is 9.53 Å². The highest BCUT2D eigenvalue weighted by atomic mass is 32.2. The van der Waals surface area contributed by atoms with Gasteiger partial charge in [0.25, 0.3) is 0 Å². The van der Waals surface area contributed by atoms with Crippen molar-refractivity contribution < 1.29 is 9.53 Å². The fourth-order valence-corrected chi connectivity index (χ4v) is 2.56. The summed E-state index contributed by atoms with van der Waals surface area (Å²) in [6, 6.07) is -0.469. The van der Waals surface area contributed by atoms with Gasteiger partial charge in [-0.05, 0) is 23.7 Å². The van der Waals surface area contributed by atoms with Gasteiger partial charge in [0.15, 0.2) is 0 Å². The molecule has 0 radical (unpaired) electrons. The van der Waals surface area contributed by atoms with E-state index in [0.717, 1.165) is 5.75 Å². The predicted molar refractivity (Wildman–Crippen MR) is 64.9 cm³/mol. The average molecular weight is 237 g/mol. The Balaban J connectivity index is 3.23. The molecule has 2 N–H and O–H groups in total. The topological polar surface area (TPSA) is 52.3 Å². The molecule has 3 nitrogen and oxygen atoms in total. The maximum absolute atomic E-state index is 10.9. The molecule has 0 aliphatic rings. The number of thioether (sulfide) groups is 2. The van der Waals surface area contributed by atoms with Gasteiger partial charge in [-0.2, -0.15) is 23.5 Å². The Bertz CT molecular complexity index is 156. The molecule has 1 unspecified atom stereocenters. The van der Waals surface area contributed by atoms with Gasteiger partial charge in [-0.15, -0.1) is 0 Å². The molecule has 0 rings (SSSR count). The van der Waals surface area contributed by atoms with Crippen molar-refractivity contribution in [1.82, 2.24) is 0 Å². The highest BCUT2D eigenvalue weighted by molar-refractivity contribution is 8.00. The molecule has 0 saturated carbocycles. The maximum atomic E-state index is 10.9. The van der Waals surface area contributed by atoms with Gasteiger partial charge in [-0.1, -0.05) is 6.92 Å². The van der Waals surface area contributed by atoms with Gasteiger partial charge in [-0.3, -0.25) is 4.79 Å². The largest absolute Gasteiger partial charge is 0.468 e. The van der Waals surface area contributed by atoms with Gasteiger partial charge in [0.2, 0.25) is 0 Å². The first-order chi connectivity index (χ1) is 6.72. The van der Waals surface area contributed by atoms with Crippen LogP contribution in [0.5, 0.6) is 0 Å². The molecule has 0 aliphatic carbocycles. The van der Waals surface area contributed by atoms with Gasteiger partial charge < -0.3 is 10.5 Å². The Morgan fingerprint density at radius 3 is 2.64 bits per heavy atom. The molecule has 0 aromatic rings. The molecule has 0 fully saturated rings. The molecule has 0 aromatic heterocycles. The molecular formula is C9H19NO2S2. The number of esters is 1. The van der Waals surface area contributed by atoms with Gasteiger partial charge in [0.05, 0.1) is 7.11 Å². The van der Waals surface area contributed by atoms with Crippen molar-refractivity contribution in [3.63, 3.8) is 0 Å². The van der Waals surface area contributed by atoms with Gasteiger partial charge in [0.1, 0.15) is 6.04 Å². The SMILES string of the molecule is CCSCCCSCC(N)C(=O)OC. The lowest BCUT2D eigenvalue weighted by Gasteiger charge is -2.08. The van der Waals surface area contributed by atoms with Crippen molar-refractivity contribution in [2.45, 2.75) is 19.4 Å². The molecule has 5 heteroatoms. The van der Waals surface area contributed by atoms with Crippen LogP contribution in [0, 0.1) is 0 Å². The van der Waals surface area contributed by atoms with E-state index in [-0.39, 0.29) is 5.97 Å². The van der Waals surface area contributed by atoms with E-state index in [1.54, 1.807) is 11.8 Å². The number of carbonyl (C=O) groups is 1. The van der Waals surface area contributed by atoms with Crippen LogP contribution in [0.3, 0.4) is 0 Å². The summed E-state index contributed by atoms with van der Waals surface area (Å²) < 4.78 is 4.53. The smallest absolute Gasteiger partial charge is 0.323 e. The van der Waals surface area contributed by atoms with Gasteiger partial charge in [-0.25, -0.2) is 0 Å². The Labute approximate surface area is 94.5 Å². The van der Waals surface area contributed by atoms with E-state index in [4.69, 9.17) is 5.73 Å². The Hall–Kier alpha value is 0.130. The fraction of sp³-hybridized carbons (Fsp3) is 0.889. The summed E-state index contributed by atoms with van der Waals surface area (Å²) in [6.07, 6.45) is 1.18. The maximum Gasteiger partial charge on any atom is 0.323 e. The van der Waals surface area contributed by atoms with Crippen LogP contribution < -0.4 is 5.73 Å². The first-order valence-electron chi connectivity index (χ1n) is 4.71. The normalized spacial score (nSPS) is 12.5. The fourth-order valence-electron chi connectivity index (χ4n) is 0.837. The first kappa shape index (κ1) is 14.1. The number of hydrogen-bond donors (Lipinski definition) is 1. The molecule has 0 aliphatic heterocycles. The summed E-state index contributed by atoms with van der Waals surface area (Å²) >= 11 is 3.66. The zero-order valence-corrected chi connectivity index (χ0v) is 10.5.